The molecule has 2 saturated heterocycles. The van der Waals surface area contributed by atoms with Crippen molar-refractivity contribution in [3.8, 4) is 5.75 Å². The Balaban J connectivity index is 1.62. The third-order valence-electron chi connectivity index (χ3n) is 4.64. The molecule has 8 nitrogen and oxygen atoms in total. The molecule has 27 heavy (non-hydrogen) atoms. The lowest BCUT2D eigenvalue weighted by atomic mass is 10.1. The Morgan fingerprint density at radius 2 is 1.67 bits per heavy atom. The maximum Gasteiger partial charge on any atom is 0.410 e. The molecule has 2 heterocycles. The van der Waals surface area contributed by atoms with Crippen molar-refractivity contribution < 1.29 is 24.2 Å². The lowest BCUT2D eigenvalue weighted by Gasteiger charge is -2.37. The first-order valence-electron chi connectivity index (χ1n) is 9.03. The number of hydrogen-bond donors (Lipinski definition) is 1. The van der Waals surface area contributed by atoms with Crippen LogP contribution in [0.3, 0.4) is 0 Å². The van der Waals surface area contributed by atoms with Crippen LogP contribution in [0.2, 0.25) is 0 Å². The summed E-state index contributed by atoms with van der Waals surface area (Å²) in [7, 11) is 0. The Kier molecular flexibility index (Phi) is 5.10. The molecule has 1 atom stereocenters. The van der Waals surface area contributed by atoms with Crippen LogP contribution in [-0.4, -0.2) is 70.6 Å². The van der Waals surface area contributed by atoms with E-state index in [4.69, 9.17) is 4.74 Å². The van der Waals surface area contributed by atoms with Crippen molar-refractivity contribution in [1.82, 2.24) is 9.80 Å². The molecule has 146 valence electrons. The van der Waals surface area contributed by atoms with Crippen LogP contribution in [0, 0.1) is 0 Å². The Hall–Kier alpha value is -2.61. The molecule has 0 aromatic heterocycles. The van der Waals surface area contributed by atoms with E-state index >= 15 is 0 Å². The van der Waals surface area contributed by atoms with Gasteiger partial charge in [0.1, 0.15) is 11.4 Å². The quantitative estimate of drug-likeness (QED) is 0.790. The van der Waals surface area contributed by atoms with Crippen molar-refractivity contribution in [2.45, 2.75) is 38.8 Å². The number of amides is 3. The molecule has 2 aliphatic heterocycles. The first-order chi connectivity index (χ1) is 12.7. The zero-order chi connectivity index (χ0) is 19.8. The molecule has 0 saturated carbocycles. The highest BCUT2D eigenvalue weighted by Gasteiger charge is 2.43. The first-order valence-corrected chi connectivity index (χ1v) is 9.03. The Morgan fingerprint density at radius 3 is 2.22 bits per heavy atom. The number of carbonyl (C=O) groups is 3. The fraction of sp³-hybridized carbons (Fsp3) is 0.526. The minimum atomic E-state index is -0.549. The number of hydrogen-bond acceptors (Lipinski definition) is 6. The number of imide groups is 1. The summed E-state index contributed by atoms with van der Waals surface area (Å²) in [6.45, 7) is 7.38. The van der Waals surface area contributed by atoms with E-state index in [1.807, 2.05) is 25.7 Å². The van der Waals surface area contributed by atoms with Crippen molar-refractivity contribution in [3.63, 3.8) is 0 Å². The number of phenolic OH excluding ortho intramolecular Hbond substituents is 1. The summed E-state index contributed by atoms with van der Waals surface area (Å²) in [5.41, 5.74) is -0.0927. The van der Waals surface area contributed by atoms with Crippen molar-refractivity contribution in [2.24, 2.45) is 0 Å². The van der Waals surface area contributed by atoms with Crippen LogP contribution in [0.15, 0.2) is 24.3 Å². The van der Waals surface area contributed by atoms with Crippen molar-refractivity contribution in [1.29, 1.82) is 0 Å². The topological polar surface area (TPSA) is 90.4 Å². The summed E-state index contributed by atoms with van der Waals surface area (Å²) in [6, 6.07) is 5.47. The summed E-state index contributed by atoms with van der Waals surface area (Å²) >= 11 is 0. The van der Waals surface area contributed by atoms with E-state index in [1.54, 1.807) is 17.0 Å². The molecule has 2 aliphatic rings. The van der Waals surface area contributed by atoms with E-state index < -0.39 is 11.6 Å². The van der Waals surface area contributed by atoms with Crippen LogP contribution in [0.25, 0.3) is 0 Å². The molecule has 1 aromatic carbocycles. The second kappa shape index (κ2) is 7.19. The maximum absolute atomic E-state index is 12.8. The molecule has 0 radical (unpaired) electrons. The molecular formula is C19H25N3O5. The molecule has 1 aromatic rings. The predicted molar refractivity (Wildman–Crippen MR) is 98.4 cm³/mol. The Morgan fingerprint density at radius 1 is 1.07 bits per heavy atom. The predicted octanol–water partition coefficient (Wildman–Crippen LogP) is 1.58. The standard InChI is InChI=1S/C19H25N3O5/c1-19(2,3)27-18(26)21-10-8-20(9-11-21)15-12-16(24)22(17(15)25)13-4-6-14(23)7-5-13/h4-7,15,23H,8-12H2,1-3H3. The summed E-state index contributed by atoms with van der Waals surface area (Å²) < 4.78 is 5.38. The van der Waals surface area contributed by atoms with E-state index in [9.17, 15) is 19.5 Å². The van der Waals surface area contributed by atoms with Crippen LogP contribution in [-0.2, 0) is 14.3 Å². The monoisotopic (exact) mass is 375 g/mol. The lowest BCUT2D eigenvalue weighted by Crippen LogP contribution is -2.54. The van der Waals surface area contributed by atoms with Crippen LogP contribution in [0.4, 0.5) is 10.5 Å². The van der Waals surface area contributed by atoms with Gasteiger partial charge in [-0.25, -0.2) is 9.69 Å². The van der Waals surface area contributed by atoms with E-state index in [0.29, 0.717) is 31.9 Å². The van der Waals surface area contributed by atoms with Crippen molar-refractivity contribution in [2.75, 3.05) is 31.1 Å². The van der Waals surface area contributed by atoms with Crippen LogP contribution >= 0.6 is 0 Å². The molecule has 0 aliphatic carbocycles. The smallest absolute Gasteiger partial charge is 0.410 e. The van der Waals surface area contributed by atoms with E-state index in [-0.39, 0.29) is 30.1 Å². The number of ether oxygens (including phenoxy) is 1. The van der Waals surface area contributed by atoms with Gasteiger partial charge in [0.05, 0.1) is 18.2 Å². The van der Waals surface area contributed by atoms with Crippen LogP contribution in [0.1, 0.15) is 27.2 Å². The molecule has 1 N–H and O–H groups in total. The molecule has 0 spiro atoms. The lowest BCUT2D eigenvalue weighted by molar-refractivity contribution is -0.123. The number of rotatable bonds is 2. The number of phenols is 1. The van der Waals surface area contributed by atoms with Gasteiger partial charge in [-0.1, -0.05) is 0 Å². The highest BCUT2D eigenvalue weighted by molar-refractivity contribution is 6.22. The van der Waals surface area contributed by atoms with E-state index in [2.05, 4.69) is 0 Å². The van der Waals surface area contributed by atoms with Gasteiger partial charge < -0.3 is 14.7 Å². The third kappa shape index (κ3) is 4.21. The summed E-state index contributed by atoms with van der Waals surface area (Å²) in [5, 5.41) is 9.39. The second-order valence-corrected chi connectivity index (χ2v) is 7.81. The van der Waals surface area contributed by atoms with Crippen molar-refractivity contribution in [3.05, 3.63) is 24.3 Å². The number of aromatic hydroxyl groups is 1. The third-order valence-corrected chi connectivity index (χ3v) is 4.64. The van der Waals surface area contributed by atoms with Crippen LogP contribution < -0.4 is 4.90 Å². The first kappa shape index (κ1) is 19.2. The summed E-state index contributed by atoms with van der Waals surface area (Å²) in [5.74, 6) is -0.450. The molecular weight excluding hydrogens is 350 g/mol. The maximum atomic E-state index is 12.8. The Labute approximate surface area is 158 Å². The average molecular weight is 375 g/mol. The fourth-order valence-corrected chi connectivity index (χ4v) is 3.32. The average Bonchev–Trinajstić information content (AvgIpc) is 2.89. The summed E-state index contributed by atoms with van der Waals surface area (Å²) in [6.07, 6.45) is -0.242. The SMILES string of the molecule is CC(C)(C)OC(=O)N1CCN(C2CC(=O)N(c3ccc(O)cc3)C2=O)CC1. The second-order valence-electron chi connectivity index (χ2n) is 7.81. The van der Waals surface area contributed by atoms with Gasteiger partial charge in [-0.3, -0.25) is 14.5 Å². The Bertz CT molecular complexity index is 733. The van der Waals surface area contributed by atoms with Gasteiger partial charge in [0.2, 0.25) is 5.91 Å². The molecule has 0 bridgehead atoms. The number of benzene rings is 1. The molecule has 2 fully saturated rings. The highest BCUT2D eigenvalue weighted by atomic mass is 16.6. The normalized spacial score (nSPS) is 21.7. The van der Waals surface area contributed by atoms with Gasteiger partial charge in [0.15, 0.2) is 0 Å². The fourth-order valence-electron chi connectivity index (χ4n) is 3.32. The molecule has 3 rings (SSSR count). The summed E-state index contributed by atoms with van der Waals surface area (Å²) in [4.78, 5) is 42.1. The van der Waals surface area contributed by atoms with Gasteiger partial charge in [-0.15, -0.1) is 0 Å². The largest absolute Gasteiger partial charge is 0.508 e. The van der Waals surface area contributed by atoms with Crippen LogP contribution in [0.5, 0.6) is 5.75 Å². The highest BCUT2D eigenvalue weighted by Crippen LogP contribution is 2.27. The minimum absolute atomic E-state index is 0.0765. The number of nitrogens with zero attached hydrogens (tertiary/aromatic N) is 3. The van der Waals surface area contributed by atoms with Gasteiger partial charge in [0, 0.05) is 26.2 Å². The molecule has 1 unspecified atom stereocenters. The zero-order valence-corrected chi connectivity index (χ0v) is 15.8. The molecule has 3 amide bonds. The minimum Gasteiger partial charge on any atom is -0.508 e. The number of anilines is 1. The van der Waals surface area contributed by atoms with Gasteiger partial charge in [-0.2, -0.15) is 0 Å². The number of carbonyl (C=O) groups excluding carboxylic acids is 3. The van der Waals surface area contributed by atoms with Gasteiger partial charge >= 0.3 is 6.09 Å². The van der Waals surface area contributed by atoms with Gasteiger partial charge in [-0.05, 0) is 45.0 Å². The van der Waals surface area contributed by atoms with E-state index in [0.717, 1.165) is 0 Å². The van der Waals surface area contributed by atoms with Crippen molar-refractivity contribution >= 4 is 23.6 Å². The number of piperazine rings is 1. The zero-order valence-electron chi connectivity index (χ0n) is 15.8. The van der Waals surface area contributed by atoms with Gasteiger partial charge in [0.25, 0.3) is 5.91 Å². The molecule has 8 heteroatoms. The van der Waals surface area contributed by atoms with E-state index in [1.165, 1.54) is 17.0 Å².